The molecular weight excluding hydrogens is 320 g/mol. The molecule has 2 fully saturated rings. The van der Waals surface area contributed by atoms with Gasteiger partial charge in [-0.1, -0.05) is 5.16 Å². The summed E-state index contributed by atoms with van der Waals surface area (Å²) in [7, 11) is 0. The number of aromatic nitrogens is 3. The number of carbonyl (C=O) groups is 1. The Morgan fingerprint density at radius 3 is 3.04 bits per heavy atom. The van der Waals surface area contributed by atoms with Gasteiger partial charge in [0.1, 0.15) is 0 Å². The van der Waals surface area contributed by atoms with Gasteiger partial charge in [-0.2, -0.15) is 4.98 Å². The van der Waals surface area contributed by atoms with Crippen LogP contribution in [-0.2, 0) is 11.2 Å². The molecule has 0 aromatic carbocycles. The summed E-state index contributed by atoms with van der Waals surface area (Å²) >= 11 is 0. The predicted octanol–water partition coefficient (Wildman–Crippen LogP) is 1.59. The molecule has 0 spiro atoms. The van der Waals surface area contributed by atoms with E-state index in [0.29, 0.717) is 36.4 Å². The molecular formula is C18H22N4O3. The second kappa shape index (κ2) is 6.92. The summed E-state index contributed by atoms with van der Waals surface area (Å²) < 4.78 is 5.22. The maximum Gasteiger partial charge on any atom is 0.227 e. The summed E-state index contributed by atoms with van der Waals surface area (Å²) in [6.45, 7) is 0.157. The number of amides is 1. The van der Waals surface area contributed by atoms with Gasteiger partial charge in [0, 0.05) is 49.4 Å². The molecule has 1 amide bonds. The zero-order chi connectivity index (χ0) is 17.2. The van der Waals surface area contributed by atoms with Gasteiger partial charge in [-0.3, -0.25) is 9.78 Å². The highest BCUT2D eigenvalue weighted by Crippen LogP contribution is 2.48. The van der Waals surface area contributed by atoms with Crippen LogP contribution in [0.25, 0.3) is 11.4 Å². The summed E-state index contributed by atoms with van der Waals surface area (Å²) in [4.78, 5) is 20.6. The molecule has 0 saturated heterocycles. The fraction of sp³-hybridized carbons (Fsp3) is 0.556. The topological polar surface area (TPSA) is 101 Å². The number of aryl methyl sites for hydroxylation is 1. The summed E-state index contributed by atoms with van der Waals surface area (Å²) in [5, 5.41) is 16.7. The minimum absolute atomic E-state index is 0.0165. The Balaban J connectivity index is 1.31. The van der Waals surface area contributed by atoms with Gasteiger partial charge < -0.3 is 14.9 Å². The average Bonchev–Trinajstić information content (AvgIpc) is 3.37. The van der Waals surface area contributed by atoms with Crippen molar-refractivity contribution in [2.75, 3.05) is 6.61 Å². The molecule has 7 heteroatoms. The Bertz CT molecular complexity index is 733. The van der Waals surface area contributed by atoms with Crippen LogP contribution in [0.5, 0.6) is 0 Å². The van der Waals surface area contributed by atoms with Crippen LogP contribution in [0.1, 0.15) is 31.6 Å². The number of carbonyl (C=O) groups excluding carboxylic acids is 1. The number of hydrogen-bond donors (Lipinski definition) is 2. The Labute approximate surface area is 145 Å². The van der Waals surface area contributed by atoms with E-state index in [9.17, 15) is 9.90 Å². The van der Waals surface area contributed by atoms with Crippen molar-refractivity contribution >= 4 is 5.91 Å². The fourth-order valence-electron chi connectivity index (χ4n) is 4.35. The minimum atomic E-state index is -0.0165. The van der Waals surface area contributed by atoms with E-state index < -0.39 is 0 Å². The van der Waals surface area contributed by atoms with Crippen molar-refractivity contribution in [3.8, 4) is 11.4 Å². The van der Waals surface area contributed by atoms with Crippen LogP contribution in [0.4, 0.5) is 0 Å². The standard InChI is InChI=1S/C18H22N4O3/c23-10-14-11-3-4-12(8-11)17(14)20-15(24)5-6-16-21-18(22-25-16)13-2-1-7-19-9-13/h1-2,7,9,11-12,14,17,23H,3-6,8,10H2,(H,20,24). The van der Waals surface area contributed by atoms with E-state index in [4.69, 9.17) is 4.52 Å². The number of nitrogens with zero attached hydrogens (tertiary/aromatic N) is 3. The molecule has 0 aliphatic heterocycles. The Kier molecular flexibility index (Phi) is 4.48. The smallest absolute Gasteiger partial charge is 0.227 e. The van der Waals surface area contributed by atoms with E-state index in [0.717, 1.165) is 18.4 Å². The number of hydrogen-bond acceptors (Lipinski definition) is 6. The Morgan fingerprint density at radius 1 is 1.36 bits per heavy atom. The molecule has 2 heterocycles. The fourth-order valence-corrected chi connectivity index (χ4v) is 4.35. The van der Waals surface area contributed by atoms with Crippen LogP contribution in [-0.4, -0.2) is 38.8 Å². The SMILES string of the molecule is O=C(CCc1nc(-c2cccnc2)no1)NC1C2CCC(C2)C1CO. The van der Waals surface area contributed by atoms with Gasteiger partial charge in [0.2, 0.25) is 17.6 Å². The van der Waals surface area contributed by atoms with Crippen LogP contribution >= 0.6 is 0 Å². The van der Waals surface area contributed by atoms with Gasteiger partial charge in [0.15, 0.2) is 0 Å². The Hall–Kier alpha value is -2.28. The first kappa shape index (κ1) is 16.2. The molecule has 2 aromatic heterocycles. The van der Waals surface area contributed by atoms with Crippen molar-refractivity contribution in [1.82, 2.24) is 20.4 Å². The number of nitrogens with one attached hydrogen (secondary N) is 1. The lowest BCUT2D eigenvalue weighted by molar-refractivity contribution is -0.122. The molecule has 2 aliphatic rings. The van der Waals surface area contributed by atoms with Crippen LogP contribution in [0.3, 0.4) is 0 Å². The maximum absolute atomic E-state index is 12.3. The van der Waals surface area contributed by atoms with E-state index >= 15 is 0 Å². The van der Waals surface area contributed by atoms with Crippen molar-refractivity contribution in [2.24, 2.45) is 17.8 Å². The number of aliphatic hydroxyl groups is 1. The quantitative estimate of drug-likeness (QED) is 0.827. The maximum atomic E-state index is 12.3. The first-order chi connectivity index (χ1) is 12.2. The summed E-state index contributed by atoms with van der Waals surface area (Å²) in [5.41, 5.74) is 0.787. The van der Waals surface area contributed by atoms with E-state index in [1.165, 1.54) is 6.42 Å². The van der Waals surface area contributed by atoms with Crippen molar-refractivity contribution in [3.63, 3.8) is 0 Å². The van der Waals surface area contributed by atoms with Gasteiger partial charge >= 0.3 is 0 Å². The number of pyridine rings is 1. The molecule has 4 unspecified atom stereocenters. The molecule has 7 nitrogen and oxygen atoms in total. The third-order valence-corrected chi connectivity index (χ3v) is 5.58. The molecule has 2 bridgehead atoms. The van der Waals surface area contributed by atoms with Gasteiger partial charge in [0.25, 0.3) is 0 Å². The molecule has 2 N–H and O–H groups in total. The molecule has 2 aromatic rings. The normalized spacial score (nSPS) is 27.6. The van der Waals surface area contributed by atoms with E-state index in [2.05, 4.69) is 20.4 Å². The van der Waals surface area contributed by atoms with E-state index in [1.54, 1.807) is 12.4 Å². The van der Waals surface area contributed by atoms with Gasteiger partial charge in [-0.15, -0.1) is 0 Å². The number of rotatable bonds is 6. The molecule has 4 atom stereocenters. The second-order valence-corrected chi connectivity index (χ2v) is 7.03. The van der Waals surface area contributed by atoms with Crippen LogP contribution < -0.4 is 5.32 Å². The number of fused-ring (bicyclic) bond motifs is 2. The highest BCUT2D eigenvalue weighted by Gasteiger charge is 2.47. The highest BCUT2D eigenvalue weighted by atomic mass is 16.5. The monoisotopic (exact) mass is 342 g/mol. The summed E-state index contributed by atoms with van der Waals surface area (Å²) in [5.74, 6) is 2.21. The predicted molar refractivity (Wildman–Crippen MR) is 89.2 cm³/mol. The minimum Gasteiger partial charge on any atom is -0.396 e. The Morgan fingerprint density at radius 2 is 2.24 bits per heavy atom. The highest BCUT2D eigenvalue weighted by molar-refractivity contribution is 5.76. The lowest BCUT2D eigenvalue weighted by atomic mass is 9.85. The number of aliphatic hydroxyl groups excluding tert-OH is 1. The van der Waals surface area contributed by atoms with Gasteiger partial charge in [-0.05, 0) is 43.2 Å². The molecule has 4 rings (SSSR count). The zero-order valence-corrected chi connectivity index (χ0v) is 14.0. The van der Waals surface area contributed by atoms with Crippen molar-refractivity contribution in [2.45, 2.75) is 38.1 Å². The van der Waals surface area contributed by atoms with Crippen molar-refractivity contribution in [1.29, 1.82) is 0 Å². The van der Waals surface area contributed by atoms with Crippen LogP contribution in [0.2, 0.25) is 0 Å². The first-order valence-electron chi connectivity index (χ1n) is 8.88. The summed E-state index contributed by atoms with van der Waals surface area (Å²) in [6.07, 6.45) is 7.54. The largest absolute Gasteiger partial charge is 0.396 e. The van der Waals surface area contributed by atoms with Crippen LogP contribution in [0, 0.1) is 17.8 Å². The lowest BCUT2D eigenvalue weighted by Crippen LogP contribution is -2.45. The molecule has 2 saturated carbocycles. The van der Waals surface area contributed by atoms with Gasteiger partial charge in [0.05, 0.1) is 0 Å². The second-order valence-electron chi connectivity index (χ2n) is 7.03. The van der Waals surface area contributed by atoms with Crippen molar-refractivity contribution < 1.29 is 14.4 Å². The third kappa shape index (κ3) is 3.28. The molecule has 0 radical (unpaired) electrons. The third-order valence-electron chi connectivity index (χ3n) is 5.58. The molecule has 25 heavy (non-hydrogen) atoms. The van der Waals surface area contributed by atoms with Crippen molar-refractivity contribution in [3.05, 3.63) is 30.4 Å². The van der Waals surface area contributed by atoms with Gasteiger partial charge in [-0.25, -0.2) is 0 Å². The summed E-state index contributed by atoms with van der Waals surface area (Å²) in [6, 6.07) is 3.79. The van der Waals surface area contributed by atoms with Crippen LogP contribution in [0.15, 0.2) is 29.0 Å². The zero-order valence-electron chi connectivity index (χ0n) is 14.0. The first-order valence-corrected chi connectivity index (χ1v) is 8.88. The average molecular weight is 342 g/mol. The lowest BCUT2D eigenvalue weighted by Gasteiger charge is -2.30. The van der Waals surface area contributed by atoms with E-state index in [1.807, 2.05) is 12.1 Å². The molecule has 132 valence electrons. The molecule has 2 aliphatic carbocycles. The van der Waals surface area contributed by atoms with E-state index in [-0.39, 0.29) is 24.5 Å².